The van der Waals surface area contributed by atoms with Crippen LogP contribution in [0.2, 0.25) is 5.02 Å². The van der Waals surface area contributed by atoms with Crippen molar-refractivity contribution in [2.45, 2.75) is 18.4 Å². The van der Waals surface area contributed by atoms with Crippen LogP contribution in [0.3, 0.4) is 0 Å². The summed E-state index contributed by atoms with van der Waals surface area (Å²) < 4.78 is 29.8. The fourth-order valence-electron chi connectivity index (χ4n) is 3.24. The van der Waals surface area contributed by atoms with Gasteiger partial charge in [0.05, 0.1) is 22.3 Å². The van der Waals surface area contributed by atoms with Crippen LogP contribution in [0.25, 0.3) is 10.9 Å². The molecule has 29 heavy (non-hydrogen) atoms. The normalized spacial score (nSPS) is 11.7. The zero-order chi connectivity index (χ0) is 20.6. The van der Waals surface area contributed by atoms with E-state index in [1.165, 1.54) is 12.1 Å². The Hall–Kier alpha value is -3.03. The molecule has 0 amide bonds. The first-order chi connectivity index (χ1) is 13.8. The summed E-state index contributed by atoms with van der Waals surface area (Å²) in [6.45, 7) is 2.15. The average Bonchev–Trinajstić information content (AvgIpc) is 2.99. The Labute approximate surface area is 172 Å². The van der Waals surface area contributed by atoms with Crippen molar-refractivity contribution < 1.29 is 8.42 Å². The maximum Gasteiger partial charge on any atom is 0.272 e. The third-order valence-electron chi connectivity index (χ3n) is 4.71. The van der Waals surface area contributed by atoms with Crippen molar-refractivity contribution in [2.75, 3.05) is 4.72 Å². The van der Waals surface area contributed by atoms with Crippen molar-refractivity contribution in [3.05, 3.63) is 93.2 Å². The molecule has 3 aromatic carbocycles. The lowest BCUT2D eigenvalue weighted by Gasteiger charge is -2.11. The highest BCUT2D eigenvalue weighted by Crippen LogP contribution is 2.26. The van der Waals surface area contributed by atoms with Gasteiger partial charge in [-0.3, -0.25) is 19.3 Å². The molecule has 0 fully saturated rings. The lowest BCUT2D eigenvalue weighted by Crippen LogP contribution is -2.14. The SMILES string of the molecule is Cc1c(Cl)cccc1S(=O)(=O)Nc1ccc2c(c1)c(=O)[nH]n2Cc1ccccc1. The van der Waals surface area contributed by atoms with Gasteiger partial charge in [-0.1, -0.05) is 48.0 Å². The second kappa shape index (κ2) is 7.42. The van der Waals surface area contributed by atoms with Crippen LogP contribution < -0.4 is 10.3 Å². The molecule has 0 saturated heterocycles. The molecular weight excluding hydrogens is 410 g/mol. The Morgan fingerprint density at radius 2 is 1.79 bits per heavy atom. The van der Waals surface area contributed by atoms with Gasteiger partial charge in [0.1, 0.15) is 0 Å². The second-order valence-electron chi connectivity index (χ2n) is 6.71. The maximum absolute atomic E-state index is 12.8. The van der Waals surface area contributed by atoms with Gasteiger partial charge < -0.3 is 0 Å². The predicted octanol–water partition coefficient (Wildman–Crippen LogP) is 4.14. The topological polar surface area (TPSA) is 84.0 Å². The minimum absolute atomic E-state index is 0.0978. The van der Waals surface area contributed by atoms with Crippen molar-refractivity contribution in [3.63, 3.8) is 0 Å². The van der Waals surface area contributed by atoms with E-state index in [-0.39, 0.29) is 10.5 Å². The second-order valence-corrected chi connectivity index (χ2v) is 8.77. The molecule has 0 aliphatic heterocycles. The molecule has 0 bridgehead atoms. The van der Waals surface area contributed by atoms with Gasteiger partial charge in [0, 0.05) is 10.7 Å². The number of aromatic amines is 1. The highest BCUT2D eigenvalue weighted by atomic mass is 35.5. The summed E-state index contributed by atoms with van der Waals surface area (Å²) >= 11 is 6.05. The third kappa shape index (κ3) is 3.79. The van der Waals surface area contributed by atoms with Gasteiger partial charge in [-0.05, 0) is 48.4 Å². The molecule has 4 aromatic rings. The van der Waals surface area contributed by atoms with Gasteiger partial charge in [0.25, 0.3) is 15.6 Å². The van der Waals surface area contributed by atoms with E-state index in [0.717, 1.165) is 5.56 Å². The van der Waals surface area contributed by atoms with Crippen LogP contribution in [0.15, 0.2) is 76.4 Å². The number of H-pyrrole nitrogens is 1. The highest BCUT2D eigenvalue weighted by Gasteiger charge is 2.19. The average molecular weight is 428 g/mol. The molecule has 0 atom stereocenters. The summed E-state index contributed by atoms with van der Waals surface area (Å²) in [4.78, 5) is 12.5. The Kier molecular flexibility index (Phi) is 4.94. The Morgan fingerprint density at radius 1 is 1.03 bits per heavy atom. The first-order valence-corrected chi connectivity index (χ1v) is 10.8. The van der Waals surface area contributed by atoms with Gasteiger partial charge in [-0.2, -0.15) is 0 Å². The molecule has 0 unspecified atom stereocenters. The van der Waals surface area contributed by atoms with Crippen LogP contribution in [0.4, 0.5) is 5.69 Å². The highest BCUT2D eigenvalue weighted by molar-refractivity contribution is 7.92. The number of benzene rings is 3. The van der Waals surface area contributed by atoms with Crippen LogP contribution >= 0.6 is 11.6 Å². The third-order valence-corrected chi connectivity index (χ3v) is 6.65. The number of sulfonamides is 1. The predicted molar refractivity (Wildman–Crippen MR) is 115 cm³/mol. The van der Waals surface area contributed by atoms with Crippen LogP contribution in [0, 0.1) is 6.92 Å². The molecule has 1 heterocycles. The van der Waals surface area contributed by atoms with E-state index in [4.69, 9.17) is 11.6 Å². The number of anilines is 1. The molecule has 8 heteroatoms. The van der Waals surface area contributed by atoms with E-state index < -0.39 is 10.0 Å². The molecule has 6 nitrogen and oxygen atoms in total. The van der Waals surface area contributed by atoms with E-state index in [9.17, 15) is 13.2 Å². The van der Waals surface area contributed by atoms with Crippen molar-refractivity contribution >= 4 is 38.2 Å². The monoisotopic (exact) mass is 427 g/mol. The molecule has 0 spiro atoms. The molecule has 148 valence electrons. The number of fused-ring (bicyclic) bond motifs is 1. The Morgan fingerprint density at radius 3 is 2.55 bits per heavy atom. The number of halogens is 1. The number of hydrogen-bond acceptors (Lipinski definition) is 3. The van der Waals surface area contributed by atoms with E-state index in [2.05, 4.69) is 9.82 Å². The quantitative estimate of drug-likeness (QED) is 0.502. The minimum atomic E-state index is -3.84. The van der Waals surface area contributed by atoms with Gasteiger partial charge >= 0.3 is 0 Å². The Balaban J connectivity index is 1.69. The summed E-state index contributed by atoms with van der Waals surface area (Å²) in [5, 5.41) is 3.59. The molecule has 0 radical (unpaired) electrons. The maximum atomic E-state index is 12.8. The smallest absolute Gasteiger partial charge is 0.272 e. The van der Waals surface area contributed by atoms with Crippen LogP contribution in [0.5, 0.6) is 0 Å². The fourth-order valence-corrected chi connectivity index (χ4v) is 4.79. The zero-order valence-electron chi connectivity index (χ0n) is 15.5. The van der Waals surface area contributed by atoms with Gasteiger partial charge in [-0.15, -0.1) is 0 Å². The van der Waals surface area contributed by atoms with Crippen molar-refractivity contribution in [3.8, 4) is 0 Å². The molecular formula is C21H18ClN3O3S. The summed E-state index contributed by atoms with van der Waals surface area (Å²) in [5.41, 5.74) is 2.23. The first kappa shape index (κ1) is 19.3. The molecule has 1 aromatic heterocycles. The number of nitrogens with one attached hydrogen (secondary N) is 2. The molecule has 0 aliphatic rings. The van der Waals surface area contributed by atoms with E-state index >= 15 is 0 Å². The van der Waals surface area contributed by atoms with Crippen molar-refractivity contribution in [2.24, 2.45) is 0 Å². The summed E-state index contributed by atoms with van der Waals surface area (Å²) in [6, 6.07) is 19.3. The summed E-state index contributed by atoms with van der Waals surface area (Å²) in [6.07, 6.45) is 0. The fraction of sp³-hybridized carbons (Fsp3) is 0.0952. The van der Waals surface area contributed by atoms with Crippen molar-refractivity contribution in [1.29, 1.82) is 0 Å². The lowest BCUT2D eigenvalue weighted by atomic mass is 10.2. The largest absolute Gasteiger partial charge is 0.280 e. The van der Waals surface area contributed by atoms with Gasteiger partial charge in [-0.25, -0.2) is 8.42 Å². The molecule has 0 aliphatic carbocycles. The molecule has 4 rings (SSSR count). The molecule has 0 saturated carbocycles. The minimum Gasteiger partial charge on any atom is -0.280 e. The number of hydrogen-bond donors (Lipinski definition) is 2. The number of nitrogens with zero attached hydrogens (tertiary/aromatic N) is 1. The van der Waals surface area contributed by atoms with Gasteiger partial charge in [0.2, 0.25) is 0 Å². The van der Waals surface area contributed by atoms with Crippen molar-refractivity contribution in [1.82, 2.24) is 9.78 Å². The standard InChI is InChI=1S/C21H18ClN3O3S/c1-14-18(22)8-5-9-20(14)29(27,28)24-16-10-11-19-17(12-16)21(26)23-25(19)13-15-6-3-2-4-7-15/h2-12,24H,13H2,1H3,(H,23,26). The summed E-state index contributed by atoms with van der Waals surface area (Å²) in [5.74, 6) is 0. The first-order valence-electron chi connectivity index (χ1n) is 8.89. The molecule has 2 N–H and O–H groups in total. The van der Waals surface area contributed by atoms with E-state index in [1.807, 2.05) is 30.3 Å². The van der Waals surface area contributed by atoms with Crippen LogP contribution in [-0.2, 0) is 16.6 Å². The van der Waals surface area contributed by atoms with Crippen LogP contribution in [-0.4, -0.2) is 18.2 Å². The number of rotatable bonds is 5. The Bertz CT molecular complexity index is 1360. The van der Waals surface area contributed by atoms with Crippen LogP contribution in [0.1, 0.15) is 11.1 Å². The van der Waals surface area contributed by atoms with Gasteiger partial charge in [0.15, 0.2) is 0 Å². The van der Waals surface area contributed by atoms with E-state index in [1.54, 1.807) is 35.9 Å². The summed E-state index contributed by atoms with van der Waals surface area (Å²) in [7, 11) is -3.84. The zero-order valence-corrected chi connectivity index (χ0v) is 17.1. The number of aromatic nitrogens is 2. The van der Waals surface area contributed by atoms with E-state index in [0.29, 0.717) is 33.7 Å². The lowest BCUT2D eigenvalue weighted by molar-refractivity contribution is 0.600.